The number of hydrogen-bond donors (Lipinski definition) is 1. The number of alkyl carbamates (subject to hydrolysis) is 1. The Kier molecular flexibility index (Phi) is 2.11. The predicted octanol–water partition coefficient (Wildman–Crippen LogP) is 0.468. The molecule has 1 saturated heterocycles. The van der Waals surface area contributed by atoms with Crippen molar-refractivity contribution >= 4 is 6.09 Å². The van der Waals surface area contributed by atoms with Crippen LogP contribution in [-0.2, 0) is 11.3 Å². The molecule has 1 fully saturated rings. The Balaban J connectivity index is 2.05. The highest BCUT2D eigenvalue weighted by molar-refractivity contribution is 5.69. The molecule has 0 bridgehead atoms. The van der Waals surface area contributed by atoms with E-state index in [0.29, 0.717) is 18.8 Å². The van der Waals surface area contributed by atoms with Crippen molar-refractivity contribution in [3.05, 3.63) is 24.0 Å². The van der Waals surface area contributed by atoms with Crippen LogP contribution in [0.25, 0.3) is 0 Å². The van der Waals surface area contributed by atoms with Crippen LogP contribution >= 0.6 is 0 Å². The molecule has 1 unspecified atom stereocenters. The van der Waals surface area contributed by atoms with Gasteiger partial charge in [0, 0.05) is 6.20 Å². The Bertz CT molecular complexity index is 391. The fraction of sp³-hybridized carbons (Fsp3) is 0.333. The number of aromatic nitrogens is 1. The van der Waals surface area contributed by atoms with E-state index < -0.39 is 0 Å². The molecule has 5 nitrogen and oxygen atoms in total. The van der Waals surface area contributed by atoms with Gasteiger partial charge in [0.15, 0.2) is 0 Å². The van der Waals surface area contributed by atoms with E-state index in [4.69, 9.17) is 10.00 Å². The Morgan fingerprint density at radius 3 is 3.29 bits per heavy atom. The van der Waals surface area contributed by atoms with Gasteiger partial charge in [-0.3, -0.25) is 0 Å². The Labute approximate surface area is 80.9 Å². The van der Waals surface area contributed by atoms with Crippen molar-refractivity contribution < 1.29 is 9.53 Å². The average molecular weight is 191 g/mol. The van der Waals surface area contributed by atoms with E-state index in [-0.39, 0.29) is 12.2 Å². The van der Waals surface area contributed by atoms with E-state index in [1.54, 1.807) is 22.9 Å². The Morgan fingerprint density at radius 2 is 2.64 bits per heavy atom. The number of amides is 1. The van der Waals surface area contributed by atoms with Crippen molar-refractivity contribution in [2.45, 2.75) is 12.6 Å². The summed E-state index contributed by atoms with van der Waals surface area (Å²) >= 11 is 0. The fourth-order valence-corrected chi connectivity index (χ4v) is 1.43. The van der Waals surface area contributed by atoms with Crippen LogP contribution in [0.1, 0.15) is 5.69 Å². The first-order valence-electron chi connectivity index (χ1n) is 4.29. The van der Waals surface area contributed by atoms with Crippen LogP contribution in [0.5, 0.6) is 0 Å². The number of nitrogens with zero attached hydrogens (tertiary/aromatic N) is 2. The summed E-state index contributed by atoms with van der Waals surface area (Å²) in [6.07, 6.45) is 1.23. The summed E-state index contributed by atoms with van der Waals surface area (Å²) < 4.78 is 6.72. The molecule has 2 heterocycles. The Hall–Kier alpha value is -1.96. The molecule has 72 valence electrons. The molecule has 14 heavy (non-hydrogen) atoms. The van der Waals surface area contributed by atoms with Gasteiger partial charge in [-0.05, 0) is 12.1 Å². The molecule has 1 N–H and O–H groups in total. The lowest BCUT2D eigenvalue weighted by Gasteiger charge is -2.09. The van der Waals surface area contributed by atoms with Crippen LogP contribution in [0.15, 0.2) is 18.3 Å². The molecule has 0 saturated carbocycles. The standard InChI is InChI=1S/C9H9N3O2/c10-4-7-2-1-3-12(7)6-8-5-11-9(13)14-8/h1-3,8H,5-6H2,(H,11,13). The van der Waals surface area contributed by atoms with E-state index >= 15 is 0 Å². The lowest BCUT2D eigenvalue weighted by molar-refractivity contribution is 0.131. The second-order valence-corrected chi connectivity index (χ2v) is 3.07. The van der Waals surface area contributed by atoms with Gasteiger partial charge in [-0.15, -0.1) is 0 Å². The summed E-state index contributed by atoms with van der Waals surface area (Å²) in [7, 11) is 0. The van der Waals surface area contributed by atoms with E-state index in [0.717, 1.165) is 0 Å². The summed E-state index contributed by atoms with van der Waals surface area (Å²) in [5.41, 5.74) is 0.577. The van der Waals surface area contributed by atoms with Crippen molar-refractivity contribution in [2.75, 3.05) is 6.54 Å². The lowest BCUT2D eigenvalue weighted by Crippen LogP contribution is -2.20. The van der Waals surface area contributed by atoms with Crippen LogP contribution in [0.4, 0.5) is 4.79 Å². The first-order chi connectivity index (χ1) is 6.79. The number of ether oxygens (including phenoxy) is 1. The maximum absolute atomic E-state index is 10.7. The predicted molar refractivity (Wildman–Crippen MR) is 47.4 cm³/mol. The van der Waals surface area contributed by atoms with Crippen molar-refractivity contribution in [3.63, 3.8) is 0 Å². The largest absolute Gasteiger partial charge is 0.442 e. The van der Waals surface area contributed by atoms with Crippen molar-refractivity contribution in [3.8, 4) is 6.07 Å². The zero-order valence-electron chi connectivity index (χ0n) is 7.43. The molecular formula is C9H9N3O2. The Morgan fingerprint density at radius 1 is 1.79 bits per heavy atom. The molecular weight excluding hydrogens is 182 g/mol. The monoisotopic (exact) mass is 191 g/mol. The summed E-state index contributed by atoms with van der Waals surface area (Å²) in [6.45, 7) is 1.02. The molecule has 0 aromatic carbocycles. The van der Waals surface area contributed by atoms with Crippen molar-refractivity contribution in [1.29, 1.82) is 5.26 Å². The smallest absolute Gasteiger partial charge is 0.407 e. The highest BCUT2D eigenvalue weighted by Crippen LogP contribution is 2.07. The highest BCUT2D eigenvalue weighted by atomic mass is 16.6. The van der Waals surface area contributed by atoms with Crippen LogP contribution in [0, 0.1) is 11.3 Å². The third-order valence-corrected chi connectivity index (χ3v) is 2.09. The van der Waals surface area contributed by atoms with Gasteiger partial charge in [-0.25, -0.2) is 4.79 Å². The molecule has 1 aliphatic heterocycles. The number of nitrogens with one attached hydrogen (secondary N) is 1. The number of cyclic esters (lactones) is 1. The second-order valence-electron chi connectivity index (χ2n) is 3.07. The fourth-order valence-electron chi connectivity index (χ4n) is 1.43. The van der Waals surface area contributed by atoms with Gasteiger partial charge >= 0.3 is 6.09 Å². The van der Waals surface area contributed by atoms with E-state index in [2.05, 4.69) is 11.4 Å². The number of carbonyl (C=O) groups is 1. The van der Waals surface area contributed by atoms with Gasteiger partial charge in [0.2, 0.25) is 0 Å². The van der Waals surface area contributed by atoms with Crippen LogP contribution in [-0.4, -0.2) is 23.3 Å². The summed E-state index contributed by atoms with van der Waals surface area (Å²) in [4.78, 5) is 10.7. The van der Waals surface area contributed by atoms with Gasteiger partial charge in [-0.1, -0.05) is 0 Å². The third-order valence-electron chi connectivity index (χ3n) is 2.09. The zero-order chi connectivity index (χ0) is 9.97. The van der Waals surface area contributed by atoms with E-state index in [1.807, 2.05) is 0 Å². The number of rotatable bonds is 2. The molecule has 0 spiro atoms. The van der Waals surface area contributed by atoms with Gasteiger partial charge in [-0.2, -0.15) is 5.26 Å². The minimum Gasteiger partial charge on any atom is -0.442 e. The van der Waals surface area contributed by atoms with Crippen LogP contribution < -0.4 is 5.32 Å². The van der Waals surface area contributed by atoms with Crippen LogP contribution in [0.2, 0.25) is 0 Å². The second kappa shape index (κ2) is 3.42. The van der Waals surface area contributed by atoms with Gasteiger partial charge in [0.1, 0.15) is 17.9 Å². The summed E-state index contributed by atoms with van der Waals surface area (Å²) in [6, 6.07) is 5.58. The number of nitriles is 1. The molecule has 1 amide bonds. The highest BCUT2D eigenvalue weighted by Gasteiger charge is 2.22. The van der Waals surface area contributed by atoms with Gasteiger partial charge in [0.25, 0.3) is 0 Å². The third kappa shape index (κ3) is 1.55. The van der Waals surface area contributed by atoms with Gasteiger partial charge < -0.3 is 14.6 Å². The minimum atomic E-state index is -0.388. The molecule has 1 atom stereocenters. The molecule has 0 aliphatic carbocycles. The average Bonchev–Trinajstić information content (AvgIpc) is 2.76. The number of carbonyl (C=O) groups excluding carboxylic acids is 1. The molecule has 1 aliphatic rings. The van der Waals surface area contributed by atoms with Gasteiger partial charge in [0.05, 0.1) is 13.1 Å². The SMILES string of the molecule is N#Cc1cccn1CC1CNC(=O)O1. The summed E-state index contributed by atoms with van der Waals surface area (Å²) in [5.74, 6) is 0. The van der Waals surface area contributed by atoms with E-state index in [9.17, 15) is 4.79 Å². The normalized spacial score (nSPS) is 19.9. The molecule has 0 radical (unpaired) electrons. The molecule has 1 aromatic heterocycles. The first kappa shape index (κ1) is 8.63. The quantitative estimate of drug-likeness (QED) is 0.738. The first-order valence-corrected chi connectivity index (χ1v) is 4.29. The maximum Gasteiger partial charge on any atom is 0.407 e. The van der Waals surface area contributed by atoms with Crippen LogP contribution in [0.3, 0.4) is 0 Å². The maximum atomic E-state index is 10.7. The molecule has 2 rings (SSSR count). The minimum absolute atomic E-state index is 0.179. The van der Waals surface area contributed by atoms with Crippen molar-refractivity contribution in [1.82, 2.24) is 9.88 Å². The zero-order valence-corrected chi connectivity index (χ0v) is 7.43. The summed E-state index contributed by atoms with van der Waals surface area (Å²) in [5, 5.41) is 11.3. The topological polar surface area (TPSA) is 67.0 Å². The number of hydrogen-bond acceptors (Lipinski definition) is 3. The molecule has 1 aromatic rings. The van der Waals surface area contributed by atoms with Crippen molar-refractivity contribution in [2.24, 2.45) is 0 Å². The lowest BCUT2D eigenvalue weighted by atomic mass is 10.3. The van der Waals surface area contributed by atoms with E-state index in [1.165, 1.54) is 0 Å². The molecule has 5 heteroatoms.